The molecule has 1 atom stereocenters. The number of nitrogens with one attached hydrogen (secondary N) is 1. The predicted octanol–water partition coefficient (Wildman–Crippen LogP) is 3.18. The third-order valence-electron chi connectivity index (χ3n) is 4.99. The number of aromatic nitrogens is 3. The van der Waals surface area contributed by atoms with E-state index in [1.54, 1.807) is 22.0 Å². The fourth-order valence-electron chi connectivity index (χ4n) is 3.68. The van der Waals surface area contributed by atoms with Gasteiger partial charge in [0, 0.05) is 25.6 Å². The van der Waals surface area contributed by atoms with Crippen molar-refractivity contribution < 1.29 is 9.59 Å². The summed E-state index contributed by atoms with van der Waals surface area (Å²) in [6.07, 6.45) is 5.42. The monoisotopic (exact) mass is 375 g/mol. The number of amides is 2. The van der Waals surface area contributed by atoms with Crippen LogP contribution in [0, 0.1) is 6.92 Å². The van der Waals surface area contributed by atoms with Gasteiger partial charge < -0.3 is 10.2 Å². The molecule has 7 heteroatoms. The molecule has 0 spiro atoms. The third-order valence-corrected chi connectivity index (χ3v) is 4.99. The van der Waals surface area contributed by atoms with E-state index in [0.29, 0.717) is 5.69 Å². The standard InChI is InChI=1S/C21H21N5O2/c1-13-18-10-16(12-22-21(18)25(3)24-13)23-20(28)11-19-17-7-5-4-6-15(17)8-9-26(19)14(2)27/h4-10,12,19H,11H2,1-3H3,(H,23,28)/t19-/m1/s1. The van der Waals surface area contributed by atoms with E-state index in [4.69, 9.17) is 0 Å². The molecule has 0 bridgehead atoms. The maximum Gasteiger partial charge on any atom is 0.226 e. The zero-order valence-electron chi connectivity index (χ0n) is 16.0. The van der Waals surface area contributed by atoms with E-state index >= 15 is 0 Å². The van der Waals surface area contributed by atoms with Crippen molar-refractivity contribution in [2.75, 3.05) is 5.32 Å². The molecule has 0 saturated heterocycles. The van der Waals surface area contributed by atoms with Gasteiger partial charge in [0.05, 0.1) is 30.0 Å². The normalized spacial score (nSPS) is 15.5. The van der Waals surface area contributed by atoms with Crippen LogP contribution in [0.4, 0.5) is 5.69 Å². The van der Waals surface area contributed by atoms with Crippen LogP contribution in [0.25, 0.3) is 17.1 Å². The van der Waals surface area contributed by atoms with Gasteiger partial charge in [-0.15, -0.1) is 0 Å². The van der Waals surface area contributed by atoms with Crippen molar-refractivity contribution in [3.8, 4) is 0 Å². The summed E-state index contributed by atoms with van der Waals surface area (Å²) in [5.41, 5.74) is 4.22. The summed E-state index contributed by atoms with van der Waals surface area (Å²) >= 11 is 0. The fourth-order valence-corrected chi connectivity index (χ4v) is 3.68. The molecule has 0 fully saturated rings. The molecule has 0 unspecified atom stereocenters. The van der Waals surface area contributed by atoms with Crippen LogP contribution in [0.15, 0.2) is 42.7 Å². The molecule has 4 rings (SSSR count). The van der Waals surface area contributed by atoms with E-state index in [1.165, 1.54) is 6.92 Å². The van der Waals surface area contributed by atoms with Crippen LogP contribution in [0.3, 0.4) is 0 Å². The number of fused-ring (bicyclic) bond motifs is 2. The quantitative estimate of drug-likeness (QED) is 0.762. The van der Waals surface area contributed by atoms with Crippen molar-refractivity contribution in [3.63, 3.8) is 0 Å². The SMILES string of the molecule is CC(=O)N1C=Cc2ccccc2[C@H]1CC(=O)Nc1cnc2c(c1)c(C)nn2C. The number of hydrogen-bond acceptors (Lipinski definition) is 4. The van der Waals surface area contributed by atoms with Gasteiger partial charge >= 0.3 is 0 Å². The molecule has 1 aliphatic rings. The van der Waals surface area contributed by atoms with E-state index in [1.807, 2.05) is 50.4 Å². The molecular weight excluding hydrogens is 354 g/mol. The van der Waals surface area contributed by atoms with Gasteiger partial charge in [-0.1, -0.05) is 24.3 Å². The second kappa shape index (κ2) is 6.92. The van der Waals surface area contributed by atoms with Crippen LogP contribution < -0.4 is 5.32 Å². The zero-order chi connectivity index (χ0) is 19.8. The van der Waals surface area contributed by atoms with Gasteiger partial charge in [0.25, 0.3) is 0 Å². The Balaban J connectivity index is 1.58. The molecule has 1 aliphatic heterocycles. The maximum atomic E-state index is 12.8. The first-order chi connectivity index (χ1) is 13.4. The molecule has 142 valence electrons. The van der Waals surface area contributed by atoms with Crippen molar-refractivity contribution in [1.82, 2.24) is 19.7 Å². The molecule has 2 amide bonds. The molecule has 1 aromatic carbocycles. The highest BCUT2D eigenvalue weighted by molar-refractivity contribution is 5.94. The highest BCUT2D eigenvalue weighted by Crippen LogP contribution is 2.33. The lowest BCUT2D eigenvalue weighted by Crippen LogP contribution is -2.33. The molecule has 2 aromatic heterocycles. The maximum absolute atomic E-state index is 12.8. The van der Waals surface area contributed by atoms with E-state index in [9.17, 15) is 9.59 Å². The highest BCUT2D eigenvalue weighted by atomic mass is 16.2. The number of carbonyl (C=O) groups is 2. The van der Waals surface area contributed by atoms with E-state index in [0.717, 1.165) is 27.9 Å². The molecule has 0 saturated carbocycles. The summed E-state index contributed by atoms with van der Waals surface area (Å²) < 4.78 is 1.71. The molecule has 28 heavy (non-hydrogen) atoms. The number of anilines is 1. The van der Waals surface area contributed by atoms with Crippen molar-refractivity contribution in [2.45, 2.75) is 26.3 Å². The summed E-state index contributed by atoms with van der Waals surface area (Å²) in [5.74, 6) is -0.276. The summed E-state index contributed by atoms with van der Waals surface area (Å²) in [6, 6.07) is 9.34. The minimum absolute atomic E-state index is 0.0994. The minimum Gasteiger partial charge on any atom is -0.325 e. The first-order valence-corrected chi connectivity index (χ1v) is 9.09. The molecular formula is C21H21N5O2. The second-order valence-corrected chi connectivity index (χ2v) is 6.94. The van der Waals surface area contributed by atoms with Gasteiger partial charge in [-0.3, -0.25) is 14.3 Å². The van der Waals surface area contributed by atoms with Crippen LogP contribution in [-0.2, 0) is 16.6 Å². The molecule has 7 nitrogen and oxygen atoms in total. The first-order valence-electron chi connectivity index (χ1n) is 9.09. The average molecular weight is 375 g/mol. The number of rotatable bonds is 3. The van der Waals surface area contributed by atoms with E-state index in [2.05, 4.69) is 15.4 Å². The number of carbonyl (C=O) groups excluding carboxylic acids is 2. The highest BCUT2D eigenvalue weighted by Gasteiger charge is 2.28. The van der Waals surface area contributed by atoms with Gasteiger partial charge in [-0.2, -0.15) is 5.10 Å². The van der Waals surface area contributed by atoms with E-state index < -0.39 is 0 Å². The van der Waals surface area contributed by atoms with Gasteiger partial charge in [-0.05, 0) is 30.2 Å². The fraction of sp³-hybridized carbons (Fsp3) is 0.238. The van der Waals surface area contributed by atoms with Gasteiger partial charge in [-0.25, -0.2) is 4.98 Å². The second-order valence-electron chi connectivity index (χ2n) is 6.94. The van der Waals surface area contributed by atoms with Crippen LogP contribution in [-0.4, -0.2) is 31.5 Å². The van der Waals surface area contributed by atoms with Gasteiger partial charge in [0.2, 0.25) is 11.8 Å². The van der Waals surface area contributed by atoms with Crippen molar-refractivity contribution in [1.29, 1.82) is 0 Å². The van der Waals surface area contributed by atoms with Crippen LogP contribution in [0.1, 0.15) is 36.2 Å². The summed E-state index contributed by atoms with van der Waals surface area (Å²) in [4.78, 5) is 30.8. The van der Waals surface area contributed by atoms with Crippen molar-refractivity contribution in [2.24, 2.45) is 7.05 Å². The van der Waals surface area contributed by atoms with Crippen LogP contribution in [0.5, 0.6) is 0 Å². The number of pyridine rings is 1. The van der Waals surface area contributed by atoms with Gasteiger partial charge in [0.15, 0.2) is 5.65 Å². The Bertz CT molecular complexity index is 1120. The average Bonchev–Trinajstić information content (AvgIpc) is 2.95. The molecule has 0 radical (unpaired) electrons. The Morgan fingerprint density at radius 1 is 1.25 bits per heavy atom. The lowest BCUT2D eigenvalue weighted by atomic mass is 9.93. The number of hydrogen-bond donors (Lipinski definition) is 1. The third kappa shape index (κ3) is 3.15. The Morgan fingerprint density at radius 3 is 2.82 bits per heavy atom. The number of benzene rings is 1. The van der Waals surface area contributed by atoms with Crippen LogP contribution >= 0.6 is 0 Å². The molecule has 1 N–H and O–H groups in total. The Labute approximate surface area is 162 Å². The van der Waals surface area contributed by atoms with Crippen molar-refractivity contribution in [3.05, 3.63) is 59.5 Å². The van der Waals surface area contributed by atoms with Crippen LogP contribution in [0.2, 0.25) is 0 Å². The molecule has 0 aliphatic carbocycles. The lowest BCUT2D eigenvalue weighted by Gasteiger charge is -2.32. The smallest absolute Gasteiger partial charge is 0.226 e. The topological polar surface area (TPSA) is 80.1 Å². The summed E-state index contributed by atoms with van der Waals surface area (Å²) in [7, 11) is 1.84. The van der Waals surface area contributed by atoms with E-state index in [-0.39, 0.29) is 24.3 Å². The minimum atomic E-state index is -0.337. The van der Waals surface area contributed by atoms with Gasteiger partial charge in [0.1, 0.15) is 0 Å². The Hall–Kier alpha value is -3.48. The lowest BCUT2D eigenvalue weighted by molar-refractivity contribution is -0.129. The Kier molecular flexibility index (Phi) is 4.43. The molecule has 3 aromatic rings. The molecule has 3 heterocycles. The summed E-state index contributed by atoms with van der Waals surface area (Å²) in [5, 5.41) is 8.16. The predicted molar refractivity (Wildman–Crippen MR) is 107 cm³/mol. The summed E-state index contributed by atoms with van der Waals surface area (Å²) in [6.45, 7) is 3.41. The number of nitrogens with zero attached hydrogens (tertiary/aromatic N) is 4. The zero-order valence-corrected chi connectivity index (χ0v) is 16.0. The Morgan fingerprint density at radius 2 is 2.04 bits per heavy atom. The first kappa shape index (κ1) is 17.9. The number of aryl methyl sites for hydroxylation is 2. The van der Waals surface area contributed by atoms with Crippen molar-refractivity contribution >= 4 is 34.6 Å². The largest absolute Gasteiger partial charge is 0.325 e.